The third-order valence-corrected chi connectivity index (χ3v) is 2.92. The van der Waals surface area contributed by atoms with E-state index < -0.39 is 27.2 Å². The normalized spacial score (nSPS) is 12.2. The Morgan fingerprint density at radius 1 is 0.900 bits per heavy atom. The Balaban J connectivity index is 0. The van der Waals surface area contributed by atoms with Crippen LogP contribution in [0.4, 0.5) is 0 Å². The molecule has 0 aliphatic rings. The first kappa shape index (κ1) is 14.3. The van der Waals surface area contributed by atoms with E-state index in [0.717, 1.165) is 0 Å². The monoisotopic (exact) mass is 356 g/mol. The van der Waals surface area contributed by atoms with E-state index in [1.807, 2.05) is 0 Å². The number of rotatable bonds is 2. The van der Waals surface area contributed by atoms with E-state index in [9.17, 15) is 15.2 Å². The second kappa shape index (κ2) is 4.67. The number of hydrogen-bond donors (Lipinski definition) is 2. The molecule has 0 saturated heterocycles. The molecular formula is H2BaCr2O7. The van der Waals surface area contributed by atoms with Crippen LogP contribution in [0, 0.1) is 0 Å². The van der Waals surface area contributed by atoms with Crippen LogP contribution in [0.1, 0.15) is 0 Å². The molecule has 2 radical (unpaired) electrons. The molecule has 0 unspecified atom stereocenters. The molecule has 58 valence electrons. The van der Waals surface area contributed by atoms with Crippen molar-refractivity contribution in [1.29, 1.82) is 0 Å². The fraction of sp³-hybridized carbons (Fsp3) is 0. The molecular weight excluding hydrogens is 353 g/mol. The summed E-state index contributed by atoms with van der Waals surface area (Å²) in [4.78, 5) is 0. The number of hydrogen-bond acceptors (Lipinski definition) is 5. The average Bonchev–Trinajstić information content (AvgIpc) is 1.14. The van der Waals surface area contributed by atoms with Gasteiger partial charge in [0.2, 0.25) is 0 Å². The van der Waals surface area contributed by atoms with E-state index in [1.165, 1.54) is 0 Å². The Bertz CT molecular complexity index is 237. The zero-order valence-corrected chi connectivity index (χ0v) is 11.4. The topological polar surface area (TPSA) is 118 Å². The molecule has 2 N–H and O–H groups in total. The molecule has 0 spiro atoms. The Morgan fingerprint density at radius 3 is 1.10 bits per heavy atom. The third-order valence-electron chi connectivity index (χ3n) is 0.172. The van der Waals surface area contributed by atoms with E-state index >= 15 is 0 Å². The van der Waals surface area contributed by atoms with Gasteiger partial charge in [-0.2, -0.15) is 0 Å². The second-order valence-corrected chi connectivity index (χ2v) is 4.68. The minimum atomic E-state index is -5.76. The zero-order valence-electron chi connectivity index (χ0n) is 4.46. The summed E-state index contributed by atoms with van der Waals surface area (Å²) >= 11 is -11.5. The van der Waals surface area contributed by atoms with Gasteiger partial charge in [-0.25, -0.2) is 0 Å². The maximum atomic E-state index is 9.53. The van der Waals surface area contributed by atoms with Crippen molar-refractivity contribution < 1.29 is 53.6 Å². The van der Waals surface area contributed by atoms with Crippen LogP contribution in [0.25, 0.3) is 0 Å². The standard InChI is InChI=1S/Ba.2Cr.2H2O.5O/h;;;2*1H2;;;;;/q;2*+1;;;;;;;/p-2. The first-order valence-electron chi connectivity index (χ1n) is 1.37. The van der Waals surface area contributed by atoms with Crippen LogP contribution in [-0.4, -0.2) is 57.2 Å². The minimum absolute atomic E-state index is 0. The average molecular weight is 355 g/mol. The van der Waals surface area contributed by atoms with Crippen molar-refractivity contribution in [3.05, 3.63) is 0 Å². The van der Waals surface area contributed by atoms with Gasteiger partial charge in [-0.1, -0.05) is 0 Å². The van der Waals surface area contributed by atoms with E-state index in [1.54, 1.807) is 0 Å². The second-order valence-electron chi connectivity index (χ2n) is 0.924. The molecule has 0 aromatic carbocycles. The Labute approximate surface area is 101 Å². The summed E-state index contributed by atoms with van der Waals surface area (Å²) in [6.07, 6.45) is 0. The predicted molar refractivity (Wildman–Crippen MR) is 14.0 cm³/mol. The van der Waals surface area contributed by atoms with Gasteiger partial charge in [0, 0.05) is 48.9 Å². The molecule has 7 nitrogen and oxygen atoms in total. The summed E-state index contributed by atoms with van der Waals surface area (Å²) in [7, 11) is 0. The summed E-state index contributed by atoms with van der Waals surface area (Å²) < 4.78 is 56.3. The van der Waals surface area contributed by atoms with Gasteiger partial charge in [-0.15, -0.1) is 0 Å². The first-order chi connectivity index (χ1) is 3.71. The van der Waals surface area contributed by atoms with Crippen LogP contribution in [0.2, 0.25) is 0 Å². The molecule has 0 amide bonds. The molecule has 10 heavy (non-hydrogen) atoms. The molecule has 10 heteroatoms. The van der Waals surface area contributed by atoms with Gasteiger partial charge < -0.3 is 0 Å². The van der Waals surface area contributed by atoms with Gasteiger partial charge >= 0.3 is 53.6 Å². The quantitative estimate of drug-likeness (QED) is 0.548. The molecule has 0 atom stereocenters. The SMILES string of the molecule is [Ba].[O]=[Cr](=[O])([OH])[O][Cr](=[O])(=[O])[OH]. The molecule has 0 aliphatic carbocycles. The van der Waals surface area contributed by atoms with Crippen LogP contribution in [0.15, 0.2) is 0 Å². The van der Waals surface area contributed by atoms with Crippen molar-refractivity contribution in [3.63, 3.8) is 0 Å². The van der Waals surface area contributed by atoms with E-state index in [2.05, 4.69) is 2.84 Å². The van der Waals surface area contributed by atoms with Crippen LogP contribution in [0.5, 0.6) is 0 Å². The van der Waals surface area contributed by atoms with E-state index in [4.69, 9.17) is 8.32 Å². The van der Waals surface area contributed by atoms with Gasteiger partial charge in [0.05, 0.1) is 0 Å². The fourth-order valence-corrected chi connectivity index (χ4v) is 1.85. The molecule has 0 rings (SSSR count). The van der Waals surface area contributed by atoms with Crippen molar-refractivity contribution >= 4 is 48.9 Å². The molecule has 0 fully saturated rings. The van der Waals surface area contributed by atoms with Gasteiger partial charge in [-0.05, 0) is 0 Å². The van der Waals surface area contributed by atoms with Gasteiger partial charge in [0.25, 0.3) is 0 Å². The zero-order chi connectivity index (χ0) is 7.71. The van der Waals surface area contributed by atoms with Crippen molar-refractivity contribution in [2.75, 3.05) is 0 Å². The Hall–Kier alpha value is 1.72. The van der Waals surface area contributed by atoms with Gasteiger partial charge in [-0.3, -0.25) is 0 Å². The fourth-order valence-electron chi connectivity index (χ4n) is 0.109. The van der Waals surface area contributed by atoms with Crippen molar-refractivity contribution in [1.82, 2.24) is 0 Å². The first-order valence-corrected chi connectivity index (χ1v) is 5.63. The van der Waals surface area contributed by atoms with Crippen LogP contribution >= 0.6 is 0 Å². The van der Waals surface area contributed by atoms with Crippen molar-refractivity contribution in [2.45, 2.75) is 0 Å². The van der Waals surface area contributed by atoms with Crippen LogP contribution < -0.4 is 0 Å². The van der Waals surface area contributed by atoms with Gasteiger partial charge in [0.15, 0.2) is 0 Å². The van der Waals surface area contributed by atoms with Gasteiger partial charge in [0.1, 0.15) is 0 Å². The molecule has 0 bridgehead atoms. The maximum absolute atomic E-state index is 9.53. The van der Waals surface area contributed by atoms with Crippen molar-refractivity contribution in [2.24, 2.45) is 0 Å². The molecule has 0 aromatic rings. The summed E-state index contributed by atoms with van der Waals surface area (Å²) in [5, 5.41) is 0. The van der Waals surface area contributed by atoms with Crippen LogP contribution in [-0.2, 0) is 45.3 Å². The summed E-state index contributed by atoms with van der Waals surface area (Å²) in [5.74, 6) is 0. The molecule has 0 aromatic heterocycles. The summed E-state index contributed by atoms with van der Waals surface area (Å²) in [6.45, 7) is 0. The summed E-state index contributed by atoms with van der Waals surface area (Å²) in [6, 6.07) is 0. The van der Waals surface area contributed by atoms with E-state index in [-0.39, 0.29) is 48.9 Å². The molecule has 0 aliphatic heterocycles. The Kier molecular flexibility index (Phi) is 6.66. The van der Waals surface area contributed by atoms with Crippen molar-refractivity contribution in [3.8, 4) is 0 Å². The van der Waals surface area contributed by atoms with Crippen LogP contribution in [0.3, 0.4) is 0 Å². The van der Waals surface area contributed by atoms with E-state index in [0.29, 0.717) is 0 Å². The third kappa shape index (κ3) is 12.4. The predicted octanol–water partition coefficient (Wildman–Crippen LogP) is -2.04. The molecule has 0 heterocycles. The Morgan fingerprint density at radius 2 is 1.10 bits per heavy atom. The summed E-state index contributed by atoms with van der Waals surface area (Å²) in [5.41, 5.74) is 0. The molecule has 0 saturated carbocycles.